The number of carbonyl (C=O) groups excluding carboxylic acids is 2. The standard InChI is InChI=1S/C20H22N2O2/c1-15-9-11-17(12-10-15)20(24)22-13-5-8-18(14-22)21-19(23)16-6-3-2-4-7-16/h2-4,6-7,9-12,18H,5,8,13-14H2,1H3,(H,21,23). The number of aryl methyl sites for hydroxylation is 1. The first kappa shape index (κ1) is 16.2. The smallest absolute Gasteiger partial charge is 0.253 e. The zero-order chi connectivity index (χ0) is 16.9. The lowest BCUT2D eigenvalue weighted by molar-refractivity contribution is 0.0676. The van der Waals surface area contributed by atoms with Crippen LogP contribution in [0.3, 0.4) is 0 Å². The summed E-state index contributed by atoms with van der Waals surface area (Å²) in [6, 6.07) is 16.8. The summed E-state index contributed by atoms with van der Waals surface area (Å²) in [7, 11) is 0. The van der Waals surface area contributed by atoms with Crippen molar-refractivity contribution >= 4 is 11.8 Å². The average molecular weight is 322 g/mol. The van der Waals surface area contributed by atoms with E-state index in [1.165, 1.54) is 0 Å². The number of nitrogens with zero attached hydrogens (tertiary/aromatic N) is 1. The molecular formula is C20H22N2O2. The Bertz CT molecular complexity index is 710. The molecule has 4 heteroatoms. The number of nitrogens with one attached hydrogen (secondary N) is 1. The molecule has 4 nitrogen and oxygen atoms in total. The van der Waals surface area contributed by atoms with Gasteiger partial charge in [-0.1, -0.05) is 35.9 Å². The third-order valence-electron chi connectivity index (χ3n) is 4.38. The second kappa shape index (κ2) is 7.30. The molecule has 1 unspecified atom stereocenters. The summed E-state index contributed by atoms with van der Waals surface area (Å²) in [6.07, 6.45) is 1.80. The van der Waals surface area contributed by atoms with E-state index in [4.69, 9.17) is 0 Å². The number of rotatable bonds is 3. The van der Waals surface area contributed by atoms with E-state index >= 15 is 0 Å². The van der Waals surface area contributed by atoms with Crippen molar-refractivity contribution in [2.75, 3.05) is 13.1 Å². The van der Waals surface area contributed by atoms with E-state index < -0.39 is 0 Å². The van der Waals surface area contributed by atoms with Gasteiger partial charge in [0.1, 0.15) is 0 Å². The largest absolute Gasteiger partial charge is 0.348 e. The zero-order valence-corrected chi connectivity index (χ0v) is 13.9. The molecule has 1 saturated heterocycles. The van der Waals surface area contributed by atoms with Crippen molar-refractivity contribution in [1.29, 1.82) is 0 Å². The maximum atomic E-state index is 12.6. The lowest BCUT2D eigenvalue weighted by Crippen LogP contribution is -2.49. The minimum absolute atomic E-state index is 0.000791. The molecule has 0 aromatic heterocycles. The van der Waals surface area contributed by atoms with Gasteiger partial charge in [-0.15, -0.1) is 0 Å². The maximum Gasteiger partial charge on any atom is 0.253 e. The summed E-state index contributed by atoms with van der Waals surface area (Å²) in [5, 5.41) is 3.05. The Morgan fingerprint density at radius 2 is 1.71 bits per heavy atom. The van der Waals surface area contributed by atoms with Gasteiger partial charge in [0, 0.05) is 30.3 Å². The van der Waals surface area contributed by atoms with Crippen LogP contribution < -0.4 is 5.32 Å². The van der Waals surface area contributed by atoms with Crippen LogP contribution >= 0.6 is 0 Å². The maximum absolute atomic E-state index is 12.6. The molecular weight excluding hydrogens is 300 g/mol. The number of benzene rings is 2. The van der Waals surface area contributed by atoms with Gasteiger partial charge in [-0.2, -0.15) is 0 Å². The third-order valence-corrected chi connectivity index (χ3v) is 4.38. The average Bonchev–Trinajstić information content (AvgIpc) is 2.63. The van der Waals surface area contributed by atoms with Crippen LogP contribution in [-0.2, 0) is 0 Å². The van der Waals surface area contributed by atoms with Gasteiger partial charge in [0.05, 0.1) is 0 Å². The van der Waals surface area contributed by atoms with Crippen molar-refractivity contribution < 1.29 is 9.59 Å². The topological polar surface area (TPSA) is 49.4 Å². The third kappa shape index (κ3) is 3.82. The summed E-state index contributed by atoms with van der Waals surface area (Å²) in [5.74, 6) is -0.0427. The van der Waals surface area contributed by atoms with Crippen LogP contribution in [-0.4, -0.2) is 35.8 Å². The number of piperidine rings is 1. The minimum atomic E-state index is -0.0785. The molecule has 2 aromatic carbocycles. The van der Waals surface area contributed by atoms with Gasteiger partial charge in [-0.3, -0.25) is 9.59 Å². The normalized spacial score (nSPS) is 17.4. The van der Waals surface area contributed by atoms with E-state index in [1.54, 1.807) is 12.1 Å². The molecule has 0 spiro atoms. The lowest BCUT2D eigenvalue weighted by atomic mass is 10.0. The first-order valence-electron chi connectivity index (χ1n) is 8.35. The molecule has 2 aromatic rings. The van der Waals surface area contributed by atoms with E-state index in [0.29, 0.717) is 17.7 Å². The molecule has 1 aliphatic heterocycles. The zero-order valence-electron chi connectivity index (χ0n) is 13.9. The van der Waals surface area contributed by atoms with Crippen LogP contribution in [0.1, 0.15) is 39.1 Å². The van der Waals surface area contributed by atoms with Crippen molar-refractivity contribution in [3.63, 3.8) is 0 Å². The summed E-state index contributed by atoms with van der Waals surface area (Å²) < 4.78 is 0. The number of amides is 2. The predicted molar refractivity (Wildman–Crippen MR) is 94.0 cm³/mol. The van der Waals surface area contributed by atoms with Crippen molar-refractivity contribution in [3.8, 4) is 0 Å². The molecule has 0 saturated carbocycles. The van der Waals surface area contributed by atoms with Crippen LogP contribution in [0.25, 0.3) is 0 Å². The van der Waals surface area contributed by atoms with Crippen molar-refractivity contribution in [1.82, 2.24) is 10.2 Å². The molecule has 1 fully saturated rings. The highest BCUT2D eigenvalue weighted by Gasteiger charge is 2.25. The Hall–Kier alpha value is -2.62. The van der Waals surface area contributed by atoms with E-state index in [9.17, 15) is 9.59 Å². The molecule has 0 radical (unpaired) electrons. The molecule has 1 heterocycles. The second-order valence-electron chi connectivity index (χ2n) is 6.30. The van der Waals surface area contributed by atoms with Crippen LogP contribution in [0.2, 0.25) is 0 Å². The molecule has 24 heavy (non-hydrogen) atoms. The molecule has 0 aliphatic carbocycles. The molecule has 124 valence electrons. The molecule has 1 N–H and O–H groups in total. The molecule has 0 bridgehead atoms. The lowest BCUT2D eigenvalue weighted by Gasteiger charge is -2.33. The van der Waals surface area contributed by atoms with E-state index in [1.807, 2.05) is 54.3 Å². The Labute approximate surface area is 142 Å². The molecule has 2 amide bonds. The summed E-state index contributed by atoms with van der Waals surface area (Å²) in [5.41, 5.74) is 2.49. The highest BCUT2D eigenvalue weighted by atomic mass is 16.2. The number of likely N-dealkylation sites (tertiary alicyclic amines) is 1. The summed E-state index contributed by atoms with van der Waals surface area (Å²) in [6.45, 7) is 3.31. The van der Waals surface area contributed by atoms with Crippen LogP contribution in [0.4, 0.5) is 0 Å². The van der Waals surface area contributed by atoms with Crippen LogP contribution in [0, 0.1) is 6.92 Å². The molecule has 3 rings (SSSR count). The van der Waals surface area contributed by atoms with Crippen molar-refractivity contribution in [2.45, 2.75) is 25.8 Å². The first-order chi connectivity index (χ1) is 11.6. The van der Waals surface area contributed by atoms with Gasteiger partial charge in [0.2, 0.25) is 0 Å². The Morgan fingerprint density at radius 3 is 2.42 bits per heavy atom. The van der Waals surface area contributed by atoms with Gasteiger partial charge in [-0.25, -0.2) is 0 Å². The van der Waals surface area contributed by atoms with Gasteiger partial charge in [0.15, 0.2) is 0 Å². The SMILES string of the molecule is Cc1ccc(C(=O)N2CCCC(NC(=O)c3ccccc3)C2)cc1. The number of hydrogen-bond donors (Lipinski definition) is 1. The summed E-state index contributed by atoms with van der Waals surface area (Å²) >= 11 is 0. The highest BCUT2D eigenvalue weighted by Crippen LogP contribution is 2.15. The summed E-state index contributed by atoms with van der Waals surface area (Å²) in [4.78, 5) is 26.7. The quantitative estimate of drug-likeness (QED) is 0.944. The Morgan fingerprint density at radius 1 is 1.00 bits per heavy atom. The Balaban J connectivity index is 1.63. The van der Waals surface area contributed by atoms with Gasteiger partial charge in [0.25, 0.3) is 11.8 Å². The van der Waals surface area contributed by atoms with E-state index in [0.717, 1.165) is 24.9 Å². The molecule has 1 atom stereocenters. The predicted octanol–water partition coefficient (Wildman–Crippen LogP) is 3.03. The molecule has 1 aliphatic rings. The van der Waals surface area contributed by atoms with Crippen molar-refractivity contribution in [2.24, 2.45) is 0 Å². The number of hydrogen-bond acceptors (Lipinski definition) is 2. The highest BCUT2D eigenvalue weighted by molar-refractivity contribution is 5.95. The first-order valence-corrected chi connectivity index (χ1v) is 8.35. The number of carbonyl (C=O) groups is 2. The fourth-order valence-corrected chi connectivity index (χ4v) is 3.02. The van der Waals surface area contributed by atoms with Crippen LogP contribution in [0.15, 0.2) is 54.6 Å². The van der Waals surface area contributed by atoms with Gasteiger partial charge in [-0.05, 0) is 44.0 Å². The van der Waals surface area contributed by atoms with Gasteiger partial charge >= 0.3 is 0 Å². The fourth-order valence-electron chi connectivity index (χ4n) is 3.02. The second-order valence-corrected chi connectivity index (χ2v) is 6.30. The van der Waals surface area contributed by atoms with E-state index in [-0.39, 0.29) is 17.9 Å². The van der Waals surface area contributed by atoms with Gasteiger partial charge < -0.3 is 10.2 Å². The van der Waals surface area contributed by atoms with Crippen LogP contribution in [0.5, 0.6) is 0 Å². The minimum Gasteiger partial charge on any atom is -0.348 e. The van der Waals surface area contributed by atoms with Crippen molar-refractivity contribution in [3.05, 3.63) is 71.3 Å². The van der Waals surface area contributed by atoms with E-state index in [2.05, 4.69) is 5.32 Å². The monoisotopic (exact) mass is 322 g/mol. The Kier molecular flexibility index (Phi) is 4.94. The fraction of sp³-hybridized carbons (Fsp3) is 0.300.